The van der Waals surface area contributed by atoms with Gasteiger partial charge in [-0.3, -0.25) is 4.68 Å². The van der Waals surface area contributed by atoms with E-state index in [0.29, 0.717) is 11.4 Å². The Morgan fingerprint density at radius 3 is 2.14 bits per heavy atom. The van der Waals surface area contributed by atoms with Crippen LogP contribution >= 0.6 is 0 Å². The third-order valence-electron chi connectivity index (χ3n) is 3.93. The van der Waals surface area contributed by atoms with Gasteiger partial charge in [0, 0.05) is 20.1 Å². The summed E-state index contributed by atoms with van der Waals surface area (Å²) in [5.41, 5.74) is 1.000. The van der Waals surface area contributed by atoms with Crippen molar-refractivity contribution in [2.75, 3.05) is 18.8 Å². The fourth-order valence-corrected chi connectivity index (χ4v) is 6.82. The molecule has 0 bridgehead atoms. The fourth-order valence-electron chi connectivity index (χ4n) is 2.68. The highest BCUT2D eigenvalue weighted by Crippen LogP contribution is 2.29. The maximum Gasteiger partial charge on any atom is 0.246 e. The molecule has 7 nitrogen and oxygen atoms in total. The van der Waals surface area contributed by atoms with Gasteiger partial charge in [0.05, 0.1) is 22.4 Å². The van der Waals surface area contributed by atoms with E-state index >= 15 is 0 Å². The van der Waals surface area contributed by atoms with E-state index in [0.717, 1.165) is 0 Å². The predicted molar refractivity (Wildman–Crippen MR) is 83.9 cm³/mol. The molecular formula is C13H23N3O4S2. The van der Waals surface area contributed by atoms with Crippen molar-refractivity contribution in [2.24, 2.45) is 13.0 Å². The Morgan fingerprint density at radius 2 is 1.73 bits per heavy atom. The maximum absolute atomic E-state index is 12.6. The van der Waals surface area contributed by atoms with Gasteiger partial charge in [0.25, 0.3) is 0 Å². The molecule has 22 heavy (non-hydrogen) atoms. The van der Waals surface area contributed by atoms with Gasteiger partial charge in [-0.1, -0.05) is 13.8 Å². The lowest BCUT2D eigenvalue weighted by Crippen LogP contribution is -2.57. The molecule has 0 atom stereocenters. The van der Waals surface area contributed by atoms with Crippen LogP contribution in [0.3, 0.4) is 0 Å². The van der Waals surface area contributed by atoms with Crippen molar-refractivity contribution in [2.45, 2.75) is 37.8 Å². The monoisotopic (exact) mass is 349 g/mol. The van der Waals surface area contributed by atoms with Gasteiger partial charge < -0.3 is 0 Å². The first-order valence-electron chi connectivity index (χ1n) is 7.18. The van der Waals surface area contributed by atoms with E-state index in [1.807, 2.05) is 13.8 Å². The Labute approximate surface area is 132 Å². The largest absolute Gasteiger partial charge is 0.271 e. The molecule has 0 spiro atoms. The minimum absolute atomic E-state index is 0.0329. The van der Waals surface area contributed by atoms with Gasteiger partial charge in [0.2, 0.25) is 10.0 Å². The highest BCUT2D eigenvalue weighted by atomic mass is 32.2. The Balaban J connectivity index is 2.19. The van der Waals surface area contributed by atoms with Crippen molar-refractivity contribution in [3.8, 4) is 0 Å². The minimum atomic E-state index is -3.68. The summed E-state index contributed by atoms with van der Waals surface area (Å²) in [6.07, 6.45) is 0. The first-order valence-corrected chi connectivity index (χ1v) is 10.3. The topological polar surface area (TPSA) is 89.3 Å². The molecule has 9 heteroatoms. The van der Waals surface area contributed by atoms with Crippen LogP contribution in [0.5, 0.6) is 0 Å². The van der Waals surface area contributed by atoms with E-state index in [-0.39, 0.29) is 29.7 Å². The summed E-state index contributed by atoms with van der Waals surface area (Å²) in [5.74, 6) is 0.134. The highest BCUT2D eigenvalue weighted by Gasteiger charge is 2.44. The van der Waals surface area contributed by atoms with Gasteiger partial charge in [-0.15, -0.1) is 0 Å². The first-order chi connectivity index (χ1) is 9.96. The SMILES string of the molecule is Cc1nn(C)c(C)c1S(=O)(=O)N1CC(S(=O)(=O)CC(C)C)C1. The van der Waals surface area contributed by atoms with Crippen LogP contribution in [0.2, 0.25) is 0 Å². The molecule has 1 aliphatic heterocycles. The van der Waals surface area contributed by atoms with Crippen molar-refractivity contribution in [1.29, 1.82) is 0 Å². The molecule has 0 N–H and O–H groups in total. The molecular weight excluding hydrogens is 326 g/mol. The number of rotatable bonds is 5. The lowest BCUT2D eigenvalue weighted by atomic mass is 10.3. The first kappa shape index (κ1) is 17.4. The standard InChI is InChI=1S/C13H23N3O4S2/c1-9(2)8-21(17,18)12-6-16(7-12)22(19,20)13-10(3)14-15(5)11(13)4/h9,12H,6-8H2,1-5H3. The summed E-state index contributed by atoms with van der Waals surface area (Å²) in [5, 5.41) is 3.52. The van der Waals surface area contributed by atoms with Gasteiger partial charge in [-0.05, 0) is 19.8 Å². The van der Waals surface area contributed by atoms with Crippen LogP contribution < -0.4 is 0 Å². The molecule has 1 aromatic rings. The van der Waals surface area contributed by atoms with Crippen LogP contribution in [0.15, 0.2) is 4.90 Å². The third-order valence-corrected chi connectivity index (χ3v) is 8.46. The average molecular weight is 349 g/mol. The van der Waals surface area contributed by atoms with Crippen molar-refractivity contribution in [3.05, 3.63) is 11.4 Å². The number of aryl methyl sites for hydroxylation is 2. The lowest BCUT2D eigenvalue weighted by molar-refractivity contribution is 0.309. The van der Waals surface area contributed by atoms with Crippen molar-refractivity contribution in [3.63, 3.8) is 0 Å². The molecule has 0 amide bonds. The molecule has 0 saturated carbocycles. The Morgan fingerprint density at radius 1 is 1.18 bits per heavy atom. The van der Waals surface area contributed by atoms with E-state index in [9.17, 15) is 16.8 Å². The zero-order chi connectivity index (χ0) is 16.9. The van der Waals surface area contributed by atoms with Crippen molar-refractivity contribution >= 4 is 19.9 Å². The molecule has 1 fully saturated rings. The van der Waals surface area contributed by atoms with Gasteiger partial charge in [0.15, 0.2) is 9.84 Å². The predicted octanol–water partition coefficient (Wildman–Crippen LogP) is 0.481. The summed E-state index contributed by atoms with van der Waals surface area (Å²) >= 11 is 0. The van der Waals surface area contributed by atoms with Crippen LogP contribution in [-0.2, 0) is 26.9 Å². The molecule has 0 aromatic carbocycles. The quantitative estimate of drug-likeness (QED) is 0.771. The molecule has 0 unspecified atom stereocenters. The molecule has 1 aliphatic rings. The molecule has 0 aliphatic carbocycles. The van der Waals surface area contributed by atoms with Gasteiger partial charge in [-0.25, -0.2) is 16.8 Å². The Kier molecular flexibility index (Phi) is 4.44. The van der Waals surface area contributed by atoms with Crippen LogP contribution in [-0.4, -0.2) is 55.0 Å². The molecule has 0 radical (unpaired) electrons. The van der Waals surface area contributed by atoms with E-state index < -0.39 is 25.1 Å². The summed E-state index contributed by atoms with van der Waals surface area (Å²) < 4.78 is 52.3. The number of sulfone groups is 1. The summed E-state index contributed by atoms with van der Waals surface area (Å²) in [4.78, 5) is 0.190. The molecule has 2 heterocycles. The van der Waals surface area contributed by atoms with Crippen molar-refractivity contribution in [1.82, 2.24) is 14.1 Å². The molecule has 126 valence electrons. The number of sulfonamides is 1. The zero-order valence-electron chi connectivity index (χ0n) is 13.6. The second-order valence-corrected chi connectivity index (χ2v) is 10.5. The number of hydrogen-bond acceptors (Lipinski definition) is 5. The molecule has 2 rings (SSSR count). The fraction of sp³-hybridized carbons (Fsp3) is 0.769. The third kappa shape index (κ3) is 2.93. The highest BCUT2D eigenvalue weighted by molar-refractivity contribution is 7.92. The van der Waals surface area contributed by atoms with E-state index in [1.165, 1.54) is 8.99 Å². The Hall–Kier alpha value is -0.930. The zero-order valence-corrected chi connectivity index (χ0v) is 15.2. The second-order valence-electron chi connectivity index (χ2n) is 6.29. The van der Waals surface area contributed by atoms with Crippen LogP contribution in [0.1, 0.15) is 25.2 Å². The van der Waals surface area contributed by atoms with E-state index in [2.05, 4.69) is 5.10 Å². The average Bonchev–Trinajstić information content (AvgIpc) is 2.47. The van der Waals surface area contributed by atoms with Gasteiger partial charge >= 0.3 is 0 Å². The van der Waals surface area contributed by atoms with Crippen LogP contribution in [0.4, 0.5) is 0 Å². The van der Waals surface area contributed by atoms with Crippen LogP contribution in [0.25, 0.3) is 0 Å². The number of hydrogen-bond donors (Lipinski definition) is 0. The van der Waals surface area contributed by atoms with Crippen molar-refractivity contribution < 1.29 is 16.8 Å². The van der Waals surface area contributed by atoms with Gasteiger partial charge in [0.1, 0.15) is 4.90 Å². The lowest BCUT2D eigenvalue weighted by Gasteiger charge is -2.37. The molecule has 1 saturated heterocycles. The van der Waals surface area contributed by atoms with E-state index in [1.54, 1.807) is 20.9 Å². The Bertz CT molecular complexity index is 772. The van der Waals surface area contributed by atoms with E-state index in [4.69, 9.17) is 0 Å². The second kappa shape index (κ2) is 5.61. The molecule has 1 aromatic heterocycles. The van der Waals surface area contributed by atoms with Gasteiger partial charge in [-0.2, -0.15) is 9.40 Å². The van der Waals surface area contributed by atoms with Crippen LogP contribution in [0, 0.1) is 19.8 Å². The maximum atomic E-state index is 12.6. The summed E-state index contributed by atoms with van der Waals surface area (Å²) in [6, 6.07) is 0. The number of aromatic nitrogens is 2. The normalized spacial score (nSPS) is 17.9. The minimum Gasteiger partial charge on any atom is -0.271 e. The summed E-state index contributed by atoms with van der Waals surface area (Å²) in [6.45, 7) is 7.09. The smallest absolute Gasteiger partial charge is 0.246 e. The number of nitrogens with zero attached hydrogens (tertiary/aromatic N) is 3. The summed E-state index contributed by atoms with van der Waals surface area (Å²) in [7, 11) is -5.23.